The summed E-state index contributed by atoms with van der Waals surface area (Å²) in [5, 5.41) is 16.9. The molecule has 0 saturated carbocycles. The summed E-state index contributed by atoms with van der Waals surface area (Å²) in [6, 6.07) is 0. The lowest BCUT2D eigenvalue weighted by Crippen LogP contribution is -2.32. The molecule has 1 atom stereocenters. The Bertz CT molecular complexity index is 106. The van der Waals surface area contributed by atoms with Crippen molar-refractivity contribution in [1.29, 1.82) is 0 Å². The fourth-order valence-electron chi connectivity index (χ4n) is 0.342. The second kappa shape index (κ2) is 5.16. The van der Waals surface area contributed by atoms with Crippen molar-refractivity contribution in [2.45, 2.75) is 6.10 Å². The van der Waals surface area contributed by atoms with Crippen molar-refractivity contribution < 1.29 is 19.7 Å². The number of aliphatic hydroxyl groups excluding tert-OH is 2. The van der Waals surface area contributed by atoms with Gasteiger partial charge in [-0.3, -0.25) is 4.79 Å². The summed E-state index contributed by atoms with van der Waals surface area (Å²) in [6.45, 7) is -0.189. The van der Waals surface area contributed by atoms with Crippen LogP contribution in [-0.4, -0.2) is 42.0 Å². The zero-order valence-corrected chi connectivity index (χ0v) is 5.49. The fourth-order valence-corrected chi connectivity index (χ4v) is 0.342. The number of ether oxygens (including phenoxy) is 1. The lowest BCUT2D eigenvalue weighted by atomic mass is 10.4. The first-order chi connectivity index (χ1) is 4.68. The largest absolute Gasteiger partial charge is 0.394 e. The molecule has 0 aromatic carbocycles. The molecule has 0 aliphatic heterocycles. The molecule has 0 bridgehead atoms. The third-order valence-electron chi connectivity index (χ3n) is 0.840. The molecule has 0 rings (SSSR count). The third-order valence-corrected chi connectivity index (χ3v) is 0.840. The van der Waals surface area contributed by atoms with Crippen LogP contribution in [0.5, 0.6) is 0 Å². The molecule has 0 aliphatic rings. The van der Waals surface area contributed by atoms with Gasteiger partial charge >= 0.3 is 0 Å². The smallest absolute Gasteiger partial charge is 0.248 e. The van der Waals surface area contributed by atoms with Crippen molar-refractivity contribution in [3.63, 3.8) is 0 Å². The summed E-state index contributed by atoms with van der Waals surface area (Å²) in [6.07, 6.45) is -1.27. The van der Waals surface area contributed by atoms with Crippen LogP contribution in [0.15, 0.2) is 0 Å². The Morgan fingerprint density at radius 1 is 1.70 bits per heavy atom. The normalized spacial score (nSPS) is 13.0. The third kappa shape index (κ3) is 4.25. The van der Waals surface area contributed by atoms with E-state index >= 15 is 0 Å². The van der Waals surface area contributed by atoms with E-state index in [2.05, 4.69) is 10.5 Å². The Hall–Kier alpha value is -0.650. The van der Waals surface area contributed by atoms with Crippen molar-refractivity contribution >= 4 is 5.91 Å². The van der Waals surface area contributed by atoms with Gasteiger partial charge in [-0.2, -0.15) is 0 Å². The van der Waals surface area contributed by atoms with Gasteiger partial charge in [0.05, 0.1) is 19.8 Å². The molecule has 4 N–H and O–H groups in total. The standard InChI is InChI=1S/C5H11NO4/c6-5(9)4(8)3-10-2-1-7/h4,7-8H,1-3H2,(H2,6,9). The van der Waals surface area contributed by atoms with Crippen LogP contribution in [0.3, 0.4) is 0 Å². The maximum atomic E-state index is 10.1. The van der Waals surface area contributed by atoms with Gasteiger partial charge in [0.25, 0.3) is 0 Å². The van der Waals surface area contributed by atoms with Crippen LogP contribution in [0.4, 0.5) is 0 Å². The van der Waals surface area contributed by atoms with E-state index in [-0.39, 0.29) is 19.8 Å². The second-order valence-electron chi connectivity index (χ2n) is 1.72. The maximum Gasteiger partial charge on any atom is 0.248 e. The highest BCUT2D eigenvalue weighted by Crippen LogP contribution is 1.82. The highest BCUT2D eigenvalue weighted by atomic mass is 16.5. The van der Waals surface area contributed by atoms with E-state index in [4.69, 9.17) is 10.2 Å². The molecule has 0 saturated heterocycles. The monoisotopic (exact) mass is 149 g/mol. The lowest BCUT2D eigenvalue weighted by molar-refractivity contribution is -0.129. The summed E-state index contributed by atoms with van der Waals surface area (Å²) in [5.41, 5.74) is 4.69. The number of rotatable bonds is 5. The zero-order chi connectivity index (χ0) is 7.98. The first-order valence-electron chi connectivity index (χ1n) is 2.84. The van der Waals surface area contributed by atoms with Gasteiger partial charge < -0.3 is 20.7 Å². The van der Waals surface area contributed by atoms with Gasteiger partial charge in [0.2, 0.25) is 5.91 Å². The maximum absolute atomic E-state index is 10.1. The quantitative estimate of drug-likeness (QED) is 0.388. The number of aliphatic hydroxyl groups is 2. The van der Waals surface area contributed by atoms with Crippen LogP contribution in [0.1, 0.15) is 0 Å². The molecule has 0 heterocycles. The van der Waals surface area contributed by atoms with Crippen molar-refractivity contribution in [2.75, 3.05) is 19.8 Å². The van der Waals surface area contributed by atoms with Crippen LogP contribution in [0, 0.1) is 0 Å². The van der Waals surface area contributed by atoms with Crippen LogP contribution in [0.25, 0.3) is 0 Å². The molecule has 0 radical (unpaired) electrons. The van der Waals surface area contributed by atoms with Crippen LogP contribution in [0.2, 0.25) is 0 Å². The molecule has 0 spiro atoms. The highest BCUT2D eigenvalue weighted by Gasteiger charge is 2.09. The second-order valence-corrected chi connectivity index (χ2v) is 1.72. The van der Waals surface area contributed by atoms with Crippen molar-refractivity contribution in [1.82, 2.24) is 0 Å². The molecule has 0 aromatic rings. The van der Waals surface area contributed by atoms with E-state index in [9.17, 15) is 4.79 Å². The van der Waals surface area contributed by atoms with Gasteiger partial charge in [-0.15, -0.1) is 0 Å². The van der Waals surface area contributed by atoms with Crippen molar-refractivity contribution in [3.05, 3.63) is 0 Å². The van der Waals surface area contributed by atoms with Gasteiger partial charge in [-0.1, -0.05) is 0 Å². The minimum absolute atomic E-state index is 0.102. The van der Waals surface area contributed by atoms with Gasteiger partial charge in [-0.05, 0) is 0 Å². The molecular weight excluding hydrogens is 138 g/mol. The summed E-state index contributed by atoms with van der Waals surface area (Å²) >= 11 is 0. The average molecular weight is 149 g/mol. The molecule has 10 heavy (non-hydrogen) atoms. The topological polar surface area (TPSA) is 92.8 Å². The first kappa shape index (κ1) is 9.35. The van der Waals surface area contributed by atoms with Gasteiger partial charge in [0, 0.05) is 0 Å². The minimum atomic E-state index is -1.27. The predicted molar refractivity (Wildman–Crippen MR) is 33.1 cm³/mol. The average Bonchev–Trinajstić information content (AvgIpc) is 1.88. The number of nitrogens with two attached hydrogens (primary N) is 1. The number of carbonyl (C=O) groups excluding carboxylic acids is 1. The van der Waals surface area contributed by atoms with Crippen LogP contribution < -0.4 is 5.73 Å². The molecule has 1 amide bonds. The van der Waals surface area contributed by atoms with Crippen molar-refractivity contribution in [2.24, 2.45) is 5.73 Å². The highest BCUT2D eigenvalue weighted by molar-refractivity contribution is 5.78. The molecule has 5 heteroatoms. The minimum Gasteiger partial charge on any atom is -0.394 e. The van der Waals surface area contributed by atoms with E-state index in [1.807, 2.05) is 0 Å². The lowest BCUT2D eigenvalue weighted by Gasteiger charge is -2.05. The van der Waals surface area contributed by atoms with Gasteiger partial charge in [-0.25, -0.2) is 0 Å². The van der Waals surface area contributed by atoms with E-state index < -0.39 is 12.0 Å². The Kier molecular flexibility index (Phi) is 4.82. The van der Waals surface area contributed by atoms with E-state index in [0.29, 0.717) is 0 Å². The number of hydrogen-bond acceptors (Lipinski definition) is 4. The molecule has 1 unspecified atom stereocenters. The Balaban J connectivity index is 3.21. The molecule has 0 fully saturated rings. The van der Waals surface area contributed by atoms with E-state index in [1.54, 1.807) is 0 Å². The zero-order valence-electron chi connectivity index (χ0n) is 5.49. The molecule has 60 valence electrons. The van der Waals surface area contributed by atoms with Gasteiger partial charge in [0.15, 0.2) is 6.10 Å². The molecule has 0 aromatic heterocycles. The van der Waals surface area contributed by atoms with Crippen molar-refractivity contribution in [3.8, 4) is 0 Å². The number of hydrogen-bond donors (Lipinski definition) is 3. The molecule has 5 nitrogen and oxygen atoms in total. The SMILES string of the molecule is NC(=O)C(O)COCCO. The summed E-state index contributed by atoms with van der Waals surface area (Å²) in [4.78, 5) is 10.1. The number of carbonyl (C=O) groups is 1. The Morgan fingerprint density at radius 2 is 2.30 bits per heavy atom. The van der Waals surface area contributed by atoms with Crippen LogP contribution >= 0.6 is 0 Å². The van der Waals surface area contributed by atoms with Crippen LogP contribution in [-0.2, 0) is 9.53 Å². The van der Waals surface area contributed by atoms with E-state index in [1.165, 1.54) is 0 Å². The van der Waals surface area contributed by atoms with E-state index in [0.717, 1.165) is 0 Å². The first-order valence-corrected chi connectivity index (χ1v) is 2.84. The summed E-state index contributed by atoms with van der Waals surface area (Å²) < 4.78 is 4.61. The number of amides is 1. The van der Waals surface area contributed by atoms with Gasteiger partial charge in [0.1, 0.15) is 0 Å². The molecular formula is C5H11NO4. The molecule has 0 aliphatic carbocycles. The Labute approximate surface area is 58.4 Å². The Morgan fingerprint density at radius 3 is 2.70 bits per heavy atom. The summed E-state index contributed by atoms with van der Waals surface area (Å²) in [5.74, 6) is -0.821. The predicted octanol–water partition coefficient (Wildman–Crippen LogP) is -2.16. The number of primary amides is 1. The fraction of sp³-hybridized carbons (Fsp3) is 0.800. The summed E-state index contributed by atoms with van der Waals surface area (Å²) in [7, 11) is 0.